The van der Waals surface area contributed by atoms with Gasteiger partial charge < -0.3 is 25.2 Å². The molecule has 1 rings (SSSR count). The molecule has 0 aromatic heterocycles. The third kappa shape index (κ3) is 8.86. The Balaban J connectivity index is 2.65. The van der Waals surface area contributed by atoms with Crippen LogP contribution in [0.4, 0.5) is 4.79 Å². The van der Waals surface area contributed by atoms with Gasteiger partial charge in [0.1, 0.15) is 5.60 Å². The fourth-order valence-corrected chi connectivity index (χ4v) is 2.18. The van der Waals surface area contributed by atoms with Gasteiger partial charge in [-0.05, 0) is 32.8 Å². The summed E-state index contributed by atoms with van der Waals surface area (Å²) in [4.78, 5) is 12.1. The number of aliphatic hydroxyl groups is 1. The summed E-state index contributed by atoms with van der Waals surface area (Å²) < 4.78 is 10.3. The molecule has 0 saturated carbocycles. The lowest BCUT2D eigenvalue weighted by molar-refractivity contribution is 0.0421. The number of nitrogens with one attached hydrogen (secondary N) is 2. The fourth-order valence-electron chi connectivity index (χ4n) is 2.18. The van der Waals surface area contributed by atoms with Gasteiger partial charge in [-0.3, -0.25) is 0 Å². The number of methoxy groups -OCH3 is 1. The summed E-state index contributed by atoms with van der Waals surface area (Å²) in [7, 11) is 1.63. The highest BCUT2D eigenvalue weighted by Crippen LogP contribution is 2.10. The van der Waals surface area contributed by atoms with E-state index in [1.807, 2.05) is 51.1 Å². The molecule has 0 aliphatic carbocycles. The highest BCUT2D eigenvalue weighted by atomic mass is 16.6. The molecule has 24 heavy (non-hydrogen) atoms. The van der Waals surface area contributed by atoms with E-state index in [0.29, 0.717) is 26.1 Å². The van der Waals surface area contributed by atoms with Crippen molar-refractivity contribution in [3.05, 3.63) is 35.9 Å². The third-order valence-corrected chi connectivity index (χ3v) is 3.30. The number of carbonyl (C=O) groups is 1. The molecule has 0 saturated heterocycles. The van der Waals surface area contributed by atoms with Crippen LogP contribution in [0.2, 0.25) is 0 Å². The molecule has 0 bridgehead atoms. The van der Waals surface area contributed by atoms with E-state index in [9.17, 15) is 9.90 Å². The monoisotopic (exact) mass is 338 g/mol. The van der Waals surface area contributed by atoms with Crippen molar-refractivity contribution in [3.8, 4) is 0 Å². The second-order valence-electron chi connectivity index (χ2n) is 6.71. The Kier molecular flexibility index (Phi) is 8.74. The molecular formula is C18H30N2O4. The van der Waals surface area contributed by atoms with Gasteiger partial charge in [0.25, 0.3) is 0 Å². The average molecular weight is 338 g/mol. The van der Waals surface area contributed by atoms with E-state index in [0.717, 1.165) is 5.56 Å². The molecule has 1 amide bonds. The Bertz CT molecular complexity index is 474. The molecular weight excluding hydrogens is 308 g/mol. The number of hydrogen-bond acceptors (Lipinski definition) is 5. The Morgan fingerprint density at radius 2 is 1.92 bits per heavy atom. The number of benzene rings is 1. The van der Waals surface area contributed by atoms with Crippen molar-refractivity contribution in [2.75, 3.05) is 26.8 Å². The third-order valence-electron chi connectivity index (χ3n) is 3.30. The second-order valence-corrected chi connectivity index (χ2v) is 6.71. The molecule has 136 valence electrons. The lowest BCUT2D eigenvalue weighted by atomic mass is 10.0. The van der Waals surface area contributed by atoms with Crippen LogP contribution in [0, 0.1) is 0 Å². The summed E-state index contributed by atoms with van der Waals surface area (Å²) in [5, 5.41) is 16.3. The van der Waals surface area contributed by atoms with Crippen molar-refractivity contribution in [2.24, 2.45) is 0 Å². The Hall–Kier alpha value is -1.63. The van der Waals surface area contributed by atoms with Crippen LogP contribution in [0.1, 0.15) is 26.3 Å². The van der Waals surface area contributed by atoms with Gasteiger partial charge >= 0.3 is 6.09 Å². The van der Waals surface area contributed by atoms with Crippen molar-refractivity contribution in [2.45, 2.75) is 44.9 Å². The van der Waals surface area contributed by atoms with Crippen LogP contribution < -0.4 is 10.6 Å². The standard InChI is InChI=1S/C18H30N2O4/c1-18(2,3)24-17(22)20-15(12-14-8-6-5-7-9-14)16(21)13-19-10-11-23-4/h5-9,15-16,19,21H,10-13H2,1-4H3,(H,20,22)/t15-,16+/m0/s1. The first-order valence-electron chi connectivity index (χ1n) is 8.23. The van der Waals surface area contributed by atoms with Gasteiger partial charge in [-0.25, -0.2) is 4.79 Å². The van der Waals surface area contributed by atoms with Gasteiger partial charge in [0.2, 0.25) is 0 Å². The predicted octanol–water partition coefficient (Wildman–Crippen LogP) is 1.72. The summed E-state index contributed by atoms with van der Waals surface area (Å²) >= 11 is 0. The molecule has 3 N–H and O–H groups in total. The Labute approximate surface area is 144 Å². The highest BCUT2D eigenvalue weighted by molar-refractivity contribution is 5.68. The number of hydrogen-bond donors (Lipinski definition) is 3. The number of aliphatic hydroxyl groups excluding tert-OH is 1. The van der Waals surface area contributed by atoms with E-state index < -0.39 is 23.8 Å². The number of ether oxygens (including phenoxy) is 2. The van der Waals surface area contributed by atoms with Crippen LogP contribution >= 0.6 is 0 Å². The van der Waals surface area contributed by atoms with Crippen LogP contribution in [0.3, 0.4) is 0 Å². The van der Waals surface area contributed by atoms with E-state index in [4.69, 9.17) is 9.47 Å². The largest absolute Gasteiger partial charge is 0.444 e. The summed E-state index contributed by atoms with van der Waals surface area (Å²) in [6, 6.07) is 9.29. The lowest BCUT2D eigenvalue weighted by Crippen LogP contribution is -2.50. The van der Waals surface area contributed by atoms with Crippen LogP contribution in [0.15, 0.2) is 30.3 Å². The minimum Gasteiger partial charge on any atom is -0.444 e. The van der Waals surface area contributed by atoms with E-state index in [2.05, 4.69) is 10.6 Å². The zero-order chi connectivity index (χ0) is 18.0. The van der Waals surface area contributed by atoms with E-state index in [1.165, 1.54) is 0 Å². The molecule has 0 radical (unpaired) electrons. The van der Waals surface area contributed by atoms with Crippen molar-refractivity contribution in [3.63, 3.8) is 0 Å². The molecule has 6 heteroatoms. The van der Waals surface area contributed by atoms with Gasteiger partial charge in [-0.2, -0.15) is 0 Å². The maximum atomic E-state index is 12.1. The van der Waals surface area contributed by atoms with Crippen LogP contribution in [-0.4, -0.2) is 55.8 Å². The van der Waals surface area contributed by atoms with Crippen LogP contribution in [0.25, 0.3) is 0 Å². The molecule has 0 unspecified atom stereocenters. The molecule has 0 aliphatic heterocycles. The summed E-state index contributed by atoms with van der Waals surface area (Å²) in [6.07, 6.45) is -0.748. The maximum absolute atomic E-state index is 12.1. The normalized spacial score (nSPS) is 14.0. The SMILES string of the molecule is COCCNC[C@@H](O)[C@H](Cc1ccccc1)NC(=O)OC(C)(C)C. The van der Waals surface area contributed by atoms with Crippen molar-refractivity contribution in [1.29, 1.82) is 0 Å². The average Bonchev–Trinajstić information content (AvgIpc) is 2.50. The van der Waals surface area contributed by atoms with Gasteiger partial charge in [0.05, 0.1) is 18.8 Å². The molecule has 0 fully saturated rings. The Morgan fingerprint density at radius 3 is 2.50 bits per heavy atom. The first kappa shape index (κ1) is 20.4. The summed E-state index contributed by atoms with van der Waals surface area (Å²) in [5.41, 5.74) is 0.456. The van der Waals surface area contributed by atoms with E-state index in [1.54, 1.807) is 7.11 Å². The fraction of sp³-hybridized carbons (Fsp3) is 0.611. The number of carbonyl (C=O) groups excluding carboxylic acids is 1. The van der Waals surface area contributed by atoms with E-state index >= 15 is 0 Å². The van der Waals surface area contributed by atoms with Crippen LogP contribution in [0.5, 0.6) is 0 Å². The van der Waals surface area contributed by atoms with Gasteiger partial charge in [-0.15, -0.1) is 0 Å². The quantitative estimate of drug-likeness (QED) is 0.598. The highest BCUT2D eigenvalue weighted by Gasteiger charge is 2.24. The van der Waals surface area contributed by atoms with Gasteiger partial charge in [0, 0.05) is 20.2 Å². The first-order valence-corrected chi connectivity index (χ1v) is 8.23. The Morgan fingerprint density at radius 1 is 1.25 bits per heavy atom. The summed E-state index contributed by atoms with van der Waals surface area (Å²) in [6.45, 7) is 6.98. The zero-order valence-electron chi connectivity index (χ0n) is 15.0. The van der Waals surface area contributed by atoms with Gasteiger partial charge in [-0.1, -0.05) is 30.3 Å². The molecule has 1 aromatic rings. The molecule has 0 aliphatic rings. The minimum atomic E-state index is -0.741. The first-order chi connectivity index (χ1) is 11.3. The van der Waals surface area contributed by atoms with Crippen LogP contribution in [-0.2, 0) is 15.9 Å². The molecule has 1 aromatic carbocycles. The maximum Gasteiger partial charge on any atom is 0.407 e. The smallest absolute Gasteiger partial charge is 0.407 e. The topological polar surface area (TPSA) is 79.8 Å². The minimum absolute atomic E-state index is 0.358. The summed E-state index contributed by atoms with van der Waals surface area (Å²) in [5.74, 6) is 0. The number of rotatable bonds is 9. The number of alkyl carbamates (subject to hydrolysis) is 1. The molecule has 0 heterocycles. The lowest BCUT2D eigenvalue weighted by Gasteiger charge is -2.27. The van der Waals surface area contributed by atoms with Crippen molar-refractivity contribution < 1.29 is 19.4 Å². The van der Waals surface area contributed by atoms with Crippen molar-refractivity contribution in [1.82, 2.24) is 10.6 Å². The van der Waals surface area contributed by atoms with Crippen molar-refractivity contribution >= 4 is 6.09 Å². The molecule has 6 nitrogen and oxygen atoms in total. The second kappa shape index (κ2) is 10.3. The van der Waals surface area contributed by atoms with Gasteiger partial charge in [0.15, 0.2) is 0 Å². The predicted molar refractivity (Wildman–Crippen MR) is 94.1 cm³/mol. The van der Waals surface area contributed by atoms with E-state index in [-0.39, 0.29) is 0 Å². The molecule has 0 spiro atoms. The molecule has 2 atom stereocenters. The number of amides is 1. The zero-order valence-corrected chi connectivity index (χ0v) is 15.0.